The van der Waals surface area contributed by atoms with Crippen LogP contribution in [0.5, 0.6) is 0 Å². The molecule has 0 radical (unpaired) electrons. The Balaban J connectivity index is 1.74. The topological polar surface area (TPSA) is 52.2 Å². The summed E-state index contributed by atoms with van der Waals surface area (Å²) in [7, 11) is 1.91. The van der Waals surface area contributed by atoms with E-state index in [1.807, 2.05) is 49.7 Å². The molecule has 0 spiro atoms. The Kier molecular flexibility index (Phi) is 5.34. The van der Waals surface area contributed by atoms with Crippen molar-refractivity contribution in [2.24, 2.45) is 12.0 Å². The molecule has 0 saturated carbocycles. The Morgan fingerprint density at radius 2 is 1.79 bits per heavy atom. The molecular weight excluding hydrogens is 427 g/mol. The predicted octanol–water partition coefficient (Wildman–Crippen LogP) is 5.15. The van der Waals surface area contributed by atoms with Crippen LogP contribution in [0.1, 0.15) is 27.3 Å². The molecule has 8 heteroatoms. The Labute approximate surface area is 181 Å². The molecule has 0 atom stereocenters. The van der Waals surface area contributed by atoms with Gasteiger partial charge in [0.1, 0.15) is 0 Å². The number of aryl methyl sites for hydroxylation is 2. The van der Waals surface area contributed by atoms with Crippen LogP contribution in [0.2, 0.25) is 10.0 Å². The summed E-state index contributed by atoms with van der Waals surface area (Å²) in [5, 5.41) is 5.67. The highest BCUT2D eigenvalue weighted by atomic mass is 35.5. The fourth-order valence-corrected chi connectivity index (χ4v) is 4.86. The van der Waals surface area contributed by atoms with Gasteiger partial charge in [-0.1, -0.05) is 52.7 Å². The van der Waals surface area contributed by atoms with E-state index in [2.05, 4.69) is 10.1 Å². The maximum atomic E-state index is 13.0. The molecule has 0 unspecified atom stereocenters. The van der Waals surface area contributed by atoms with Crippen LogP contribution >= 0.6 is 34.5 Å². The minimum absolute atomic E-state index is 0.307. The van der Waals surface area contributed by atoms with E-state index in [9.17, 15) is 4.79 Å². The average molecular weight is 445 g/mol. The third-order valence-corrected chi connectivity index (χ3v) is 6.70. The molecular formula is C21H18Cl2N4OS. The summed E-state index contributed by atoms with van der Waals surface area (Å²) < 4.78 is 4.76. The van der Waals surface area contributed by atoms with Crippen molar-refractivity contribution < 1.29 is 4.79 Å². The van der Waals surface area contributed by atoms with Gasteiger partial charge in [0.15, 0.2) is 4.80 Å². The van der Waals surface area contributed by atoms with Crippen molar-refractivity contribution in [3.63, 3.8) is 0 Å². The molecule has 4 aromatic rings. The van der Waals surface area contributed by atoms with Gasteiger partial charge in [-0.15, -0.1) is 0 Å². The zero-order chi connectivity index (χ0) is 20.7. The number of para-hydroxylation sites is 1. The number of carbonyl (C=O) groups excluding carboxylic acids is 1. The highest BCUT2D eigenvalue weighted by Gasteiger charge is 2.20. The van der Waals surface area contributed by atoms with Crippen molar-refractivity contribution in [1.29, 1.82) is 0 Å². The number of hydrogen-bond donors (Lipinski definition) is 0. The first-order valence-corrected chi connectivity index (χ1v) is 10.5. The zero-order valence-electron chi connectivity index (χ0n) is 16.1. The molecule has 29 heavy (non-hydrogen) atoms. The van der Waals surface area contributed by atoms with Gasteiger partial charge in [-0.25, -0.2) is 0 Å². The molecule has 2 aromatic carbocycles. The van der Waals surface area contributed by atoms with E-state index >= 15 is 0 Å². The summed E-state index contributed by atoms with van der Waals surface area (Å²) in [6.07, 6.45) is 0. The highest BCUT2D eigenvalue weighted by Crippen LogP contribution is 2.26. The molecule has 2 aromatic heterocycles. The summed E-state index contributed by atoms with van der Waals surface area (Å²) >= 11 is 14.1. The van der Waals surface area contributed by atoms with Crippen LogP contribution in [0.3, 0.4) is 0 Å². The molecule has 0 fully saturated rings. The van der Waals surface area contributed by atoms with Gasteiger partial charge in [-0.3, -0.25) is 9.48 Å². The number of hydrogen-bond acceptors (Lipinski definition) is 3. The number of rotatable bonds is 3. The lowest BCUT2D eigenvalue weighted by Gasteiger charge is -2.09. The summed E-state index contributed by atoms with van der Waals surface area (Å²) in [4.78, 5) is 18.0. The number of benzene rings is 2. The number of halogens is 2. The van der Waals surface area contributed by atoms with Crippen LogP contribution in [0.15, 0.2) is 47.5 Å². The van der Waals surface area contributed by atoms with Crippen LogP contribution in [0.25, 0.3) is 10.2 Å². The first kappa shape index (κ1) is 19.9. The first-order valence-electron chi connectivity index (χ1n) is 8.97. The number of nitrogens with zero attached hydrogens (tertiary/aromatic N) is 4. The van der Waals surface area contributed by atoms with Crippen molar-refractivity contribution in [2.75, 3.05) is 0 Å². The molecule has 0 aliphatic carbocycles. The number of fused-ring (bicyclic) bond motifs is 1. The van der Waals surface area contributed by atoms with Gasteiger partial charge in [-0.05, 0) is 38.1 Å². The molecule has 0 saturated heterocycles. The van der Waals surface area contributed by atoms with E-state index in [1.54, 1.807) is 22.9 Å². The van der Waals surface area contributed by atoms with E-state index in [4.69, 9.17) is 23.2 Å². The van der Waals surface area contributed by atoms with E-state index in [-0.39, 0.29) is 5.91 Å². The molecule has 0 aliphatic rings. The zero-order valence-corrected chi connectivity index (χ0v) is 18.4. The Morgan fingerprint density at radius 3 is 2.48 bits per heavy atom. The second-order valence-electron chi connectivity index (χ2n) is 6.73. The van der Waals surface area contributed by atoms with E-state index in [0.29, 0.717) is 32.6 Å². The standard InChI is InChI=1S/C21H18Cl2N4OS/c1-12-19(13(2)27(25-12)11-14-15(22)7-6-8-16(14)23)20(28)24-21-26(3)17-9-4-5-10-18(17)29-21/h4-10H,11H2,1-3H3. The van der Waals surface area contributed by atoms with E-state index in [1.165, 1.54) is 11.3 Å². The molecule has 148 valence electrons. The molecule has 0 bridgehead atoms. The minimum atomic E-state index is -0.307. The van der Waals surface area contributed by atoms with Gasteiger partial charge in [0.25, 0.3) is 5.91 Å². The van der Waals surface area contributed by atoms with E-state index < -0.39 is 0 Å². The maximum absolute atomic E-state index is 13.0. The lowest BCUT2D eigenvalue weighted by atomic mass is 10.2. The Hall–Kier alpha value is -2.41. The van der Waals surface area contributed by atoms with Gasteiger partial charge >= 0.3 is 0 Å². The largest absolute Gasteiger partial charge is 0.319 e. The van der Waals surface area contributed by atoms with Gasteiger partial charge in [0.05, 0.1) is 28.0 Å². The molecule has 1 amide bonds. The van der Waals surface area contributed by atoms with Gasteiger partial charge in [-0.2, -0.15) is 10.1 Å². The predicted molar refractivity (Wildman–Crippen MR) is 118 cm³/mol. The second kappa shape index (κ2) is 7.78. The first-order chi connectivity index (χ1) is 13.9. The smallest absolute Gasteiger partial charge is 0.283 e. The van der Waals surface area contributed by atoms with Crippen LogP contribution in [-0.2, 0) is 13.6 Å². The van der Waals surface area contributed by atoms with Crippen molar-refractivity contribution in [3.05, 3.63) is 79.8 Å². The van der Waals surface area contributed by atoms with Crippen molar-refractivity contribution in [3.8, 4) is 0 Å². The Bertz CT molecular complexity index is 1300. The summed E-state index contributed by atoms with van der Waals surface area (Å²) in [5.41, 5.74) is 3.68. The third-order valence-electron chi connectivity index (χ3n) is 4.88. The van der Waals surface area contributed by atoms with Crippen LogP contribution < -0.4 is 4.80 Å². The molecule has 0 N–H and O–H groups in total. The number of thiazole rings is 1. The monoisotopic (exact) mass is 444 g/mol. The summed E-state index contributed by atoms with van der Waals surface area (Å²) in [6, 6.07) is 13.4. The van der Waals surface area contributed by atoms with Gasteiger partial charge in [0.2, 0.25) is 0 Å². The van der Waals surface area contributed by atoms with Crippen molar-refractivity contribution >= 4 is 50.7 Å². The number of aromatic nitrogens is 3. The lowest BCUT2D eigenvalue weighted by molar-refractivity contribution is 0.0996. The van der Waals surface area contributed by atoms with Crippen LogP contribution in [-0.4, -0.2) is 20.3 Å². The van der Waals surface area contributed by atoms with Gasteiger partial charge in [0, 0.05) is 28.4 Å². The molecule has 4 rings (SSSR count). The molecule has 2 heterocycles. The van der Waals surface area contributed by atoms with Gasteiger partial charge < -0.3 is 4.57 Å². The lowest BCUT2D eigenvalue weighted by Crippen LogP contribution is -2.14. The normalized spacial score (nSPS) is 12.1. The van der Waals surface area contributed by atoms with Crippen LogP contribution in [0.4, 0.5) is 0 Å². The second-order valence-corrected chi connectivity index (χ2v) is 8.56. The SMILES string of the molecule is Cc1nn(Cc2c(Cl)cccc2Cl)c(C)c1C(=O)N=c1sc2ccccc2n1C. The maximum Gasteiger partial charge on any atom is 0.283 e. The molecule has 0 aliphatic heterocycles. The number of amides is 1. The highest BCUT2D eigenvalue weighted by molar-refractivity contribution is 7.16. The summed E-state index contributed by atoms with van der Waals surface area (Å²) in [6.45, 7) is 4.05. The summed E-state index contributed by atoms with van der Waals surface area (Å²) in [5.74, 6) is -0.307. The quantitative estimate of drug-likeness (QED) is 0.438. The molecule has 5 nitrogen and oxygen atoms in total. The number of carbonyl (C=O) groups is 1. The Morgan fingerprint density at radius 1 is 1.10 bits per heavy atom. The van der Waals surface area contributed by atoms with Crippen molar-refractivity contribution in [2.45, 2.75) is 20.4 Å². The van der Waals surface area contributed by atoms with Crippen molar-refractivity contribution in [1.82, 2.24) is 14.3 Å². The fourth-order valence-electron chi connectivity index (χ4n) is 3.32. The third kappa shape index (κ3) is 3.64. The van der Waals surface area contributed by atoms with Crippen LogP contribution in [0, 0.1) is 13.8 Å². The minimum Gasteiger partial charge on any atom is -0.319 e. The average Bonchev–Trinajstić information content (AvgIpc) is 3.14. The fraction of sp³-hybridized carbons (Fsp3) is 0.190. The van der Waals surface area contributed by atoms with E-state index in [0.717, 1.165) is 21.5 Å².